The third-order valence-electron chi connectivity index (χ3n) is 5.12. The van der Waals surface area contributed by atoms with Crippen LogP contribution >= 0.6 is 24.0 Å². The van der Waals surface area contributed by atoms with Crippen LogP contribution in [0.5, 0.6) is 11.5 Å². The van der Waals surface area contributed by atoms with E-state index in [1.165, 1.54) is 15.6 Å². The van der Waals surface area contributed by atoms with Crippen LogP contribution in [0.1, 0.15) is 18.2 Å². The van der Waals surface area contributed by atoms with Gasteiger partial charge in [-0.05, 0) is 49.8 Å². The lowest BCUT2D eigenvalue weighted by Gasteiger charge is -2.12. The van der Waals surface area contributed by atoms with Gasteiger partial charge >= 0.3 is 0 Å². The van der Waals surface area contributed by atoms with Crippen LogP contribution in [0, 0.1) is 6.92 Å². The van der Waals surface area contributed by atoms with E-state index >= 15 is 0 Å². The van der Waals surface area contributed by atoms with Crippen molar-refractivity contribution in [2.75, 3.05) is 11.5 Å². The number of anilines is 1. The fourth-order valence-corrected chi connectivity index (χ4v) is 4.79. The van der Waals surface area contributed by atoms with E-state index in [0.29, 0.717) is 34.2 Å². The molecule has 1 amide bonds. The maximum absolute atomic E-state index is 13.3. The molecule has 0 unspecified atom stereocenters. The van der Waals surface area contributed by atoms with Crippen LogP contribution in [-0.4, -0.2) is 31.3 Å². The maximum atomic E-state index is 13.3. The van der Waals surface area contributed by atoms with E-state index in [-0.39, 0.29) is 27.2 Å². The number of benzene rings is 2. The third-order valence-corrected chi connectivity index (χ3v) is 6.42. The molecule has 0 radical (unpaired) electrons. The number of aromatic nitrogens is 2. The molecular weight excluding hydrogens is 446 g/mol. The number of ether oxygens (including phenoxy) is 1. The van der Waals surface area contributed by atoms with Gasteiger partial charge in [-0.2, -0.15) is 0 Å². The van der Waals surface area contributed by atoms with Crippen molar-refractivity contribution >= 4 is 46.0 Å². The first-order chi connectivity index (χ1) is 15.3. The lowest BCUT2D eigenvalue weighted by Crippen LogP contribution is -2.33. The second-order valence-electron chi connectivity index (χ2n) is 7.09. The van der Waals surface area contributed by atoms with Gasteiger partial charge < -0.3 is 9.84 Å². The minimum Gasteiger partial charge on any atom is -0.504 e. The van der Waals surface area contributed by atoms with Crippen molar-refractivity contribution in [2.45, 2.75) is 13.8 Å². The molecule has 32 heavy (non-hydrogen) atoms. The number of thioether (sulfide) groups is 1. The first-order valence-corrected chi connectivity index (χ1v) is 11.1. The molecule has 0 atom stereocenters. The average molecular weight is 468 g/mol. The molecule has 0 bridgehead atoms. The Hall–Kier alpha value is -3.30. The zero-order valence-corrected chi connectivity index (χ0v) is 19.4. The number of aromatic hydroxyl groups is 1. The molecule has 0 spiro atoms. The summed E-state index contributed by atoms with van der Waals surface area (Å²) in [6.45, 7) is 4.01. The molecule has 1 aliphatic heterocycles. The van der Waals surface area contributed by atoms with Crippen LogP contribution in [0.4, 0.5) is 5.69 Å². The van der Waals surface area contributed by atoms with Crippen LogP contribution in [0.2, 0.25) is 0 Å². The van der Waals surface area contributed by atoms with Gasteiger partial charge in [-0.15, -0.1) is 0 Å². The number of hydrogen-bond acceptors (Lipinski definition) is 6. The number of hydrogen-bond donors (Lipinski definition) is 1. The van der Waals surface area contributed by atoms with E-state index in [1.807, 2.05) is 37.3 Å². The predicted octanol–water partition coefficient (Wildman–Crippen LogP) is 3.99. The summed E-state index contributed by atoms with van der Waals surface area (Å²) < 4.78 is 8.93. The summed E-state index contributed by atoms with van der Waals surface area (Å²) in [5.41, 5.74) is 1.92. The normalized spacial score (nSPS) is 15.1. The van der Waals surface area contributed by atoms with Gasteiger partial charge in [-0.1, -0.05) is 48.2 Å². The number of para-hydroxylation sites is 1. The van der Waals surface area contributed by atoms with Gasteiger partial charge in [-0.3, -0.25) is 19.2 Å². The average Bonchev–Trinajstić information content (AvgIpc) is 3.16. The Morgan fingerprint density at radius 2 is 1.88 bits per heavy atom. The smallest absolute Gasteiger partial charge is 0.296 e. The Morgan fingerprint density at radius 1 is 1.16 bits per heavy atom. The molecule has 4 rings (SSSR count). The van der Waals surface area contributed by atoms with E-state index < -0.39 is 0 Å². The van der Waals surface area contributed by atoms with E-state index in [1.54, 1.807) is 36.9 Å². The zero-order valence-electron chi connectivity index (χ0n) is 17.7. The van der Waals surface area contributed by atoms with Crippen molar-refractivity contribution in [1.82, 2.24) is 9.36 Å². The Kier molecular flexibility index (Phi) is 5.94. The summed E-state index contributed by atoms with van der Waals surface area (Å²) in [4.78, 5) is 28.3. The largest absolute Gasteiger partial charge is 0.504 e. The van der Waals surface area contributed by atoms with Gasteiger partial charge in [0, 0.05) is 7.05 Å². The lowest BCUT2D eigenvalue weighted by atomic mass is 10.2. The Labute approximate surface area is 194 Å². The number of carbonyl (C=O) groups is 1. The van der Waals surface area contributed by atoms with Crippen molar-refractivity contribution in [3.63, 3.8) is 0 Å². The molecule has 0 aliphatic carbocycles. The van der Waals surface area contributed by atoms with Gasteiger partial charge in [0.15, 0.2) is 15.8 Å². The fourth-order valence-electron chi connectivity index (χ4n) is 3.52. The van der Waals surface area contributed by atoms with Crippen molar-refractivity contribution in [3.8, 4) is 17.2 Å². The fraction of sp³-hybridized carbons (Fsp3) is 0.174. The summed E-state index contributed by atoms with van der Waals surface area (Å²) in [7, 11) is 1.77. The van der Waals surface area contributed by atoms with Crippen LogP contribution in [-0.2, 0) is 11.8 Å². The molecule has 3 aromatic rings. The molecule has 9 heteroatoms. The van der Waals surface area contributed by atoms with Gasteiger partial charge in [0.1, 0.15) is 5.69 Å². The number of rotatable bonds is 5. The van der Waals surface area contributed by atoms with Crippen molar-refractivity contribution in [1.29, 1.82) is 0 Å². The molecular formula is C23H21N3O4S2. The van der Waals surface area contributed by atoms with Crippen LogP contribution in [0.3, 0.4) is 0 Å². The second-order valence-corrected chi connectivity index (χ2v) is 8.76. The van der Waals surface area contributed by atoms with E-state index in [4.69, 9.17) is 17.0 Å². The Morgan fingerprint density at radius 3 is 2.56 bits per heavy atom. The van der Waals surface area contributed by atoms with Crippen molar-refractivity contribution in [2.24, 2.45) is 7.05 Å². The highest BCUT2D eigenvalue weighted by molar-refractivity contribution is 8.27. The monoisotopic (exact) mass is 467 g/mol. The van der Waals surface area contributed by atoms with Crippen molar-refractivity contribution < 1.29 is 14.6 Å². The number of phenolic OH excluding ortho intramolecular Hbond substituents is 1. The second kappa shape index (κ2) is 8.68. The standard InChI is InChI=1S/C23H21N3O4S2/c1-4-30-18-12-15(10-11-17(18)27)13-19-21(28)25(23(31)32-19)20-14(2)24(3)26(22(20)29)16-8-6-5-7-9-16/h5-13,27H,4H2,1-3H3. The minimum atomic E-state index is -0.364. The van der Waals surface area contributed by atoms with Gasteiger partial charge in [-0.25, -0.2) is 4.68 Å². The highest BCUT2D eigenvalue weighted by Gasteiger charge is 2.37. The van der Waals surface area contributed by atoms with E-state index in [0.717, 1.165) is 11.8 Å². The third kappa shape index (κ3) is 3.74. The first kappa shape index (κ1) is 21.9. The Balaban J connectivity index is 1.74. The van der Waals surface area contributed by atoms with E-state index in [2.05, 4.69) is 0 Å². The minimum absolute atomic E-state index is 0.0259. The molecule has 2 aromatic carbocycles. The number of phenols is 1. The summed E-state index contributed by atoms with van der Waals surface area (Å²) >= 11 is 6.61. The summed E-state index contributed by atoms with van der Waals surface area (Å²) in [6, 6.07) is 14.1. The quantitative estimate of drug-likeness (QED) is 0.452. The van der Waals surface area contributed by atoms with Gasteiger partial charge in [0.05, 0.1) is 22.9 Å². The molecule has 1 aliphatic rings. The number of carbonyl (C=O) groups excluding carboxylic acids is 1. The SMILES string of the molecule is CCOc1cc(C=C2SC(=S)N(c3c(C)n(C)n(-c4ccccc4)c3=O)C2=O)ccc1O. The summed E-state index contributed by atoms with van der Waals surface area (Å²) in [5, 5.41) is 9.91. The highest BCUT2D eigenvalue weighted by Crippen LogP contribution is 2.37. The number of thiocarbonyl (C=S) groups is 1. The summed E-state index contributed by atoms with van der Waals surface area (Å²) in [5.74, 6) is -0.00338. The molecule has 164 valence electrons. The molecule has 1 fully saturated rings. The van der Waals surface area contributed by atoms with Crippen molar-refractivity contribution in [3.05, 3.63) is 75.0 Å². The topological polar surface area (TPSA) is 76.7 Å². The Bertz CT molecular complexity index is 1310. The molecule has 0 saturated carbocycles. The highest BCUT2D eigenvalue weighted by atomic mass is 32.2. The maximum Gasteiger partial charge on any atom is 0.296 e. The van der Waals surface area contributed by atoms with Crippen LogP contribution in [0.15, 0.2) is 58.2 Å². The van der Waals surface area contributed by atoms with E-state index in [9.17, 15) is 14.7 Å². The summed E-state index contributed by atoms with van der Waals surface area (Å²) in [6.07, 6.45) is 1.68. The molecule has 2 heterocycles. The predicted molar refractivity (Wildman–Crippen MR) is 131 cm³/mol. The lowest BCUT2D eigenvalue weighted by molar-refractivity contribution is -0.113. The number of amides is 1. The van der Waals surface area contributed by atoms with Gasteiger partial charge in [0.25, 0.3) is 11.5 Å². The van der Waals surface area contributed by atoms with Crippen LogP contribution < -0.4 is 15.2 Å². The molecule has 1 aromatic heterocycles. The molecule has 1 saturated heterocycles. The molecule has 7 nitrogen and oxygen atoms in total. The molecule has 1 N–H and O–H groups in total. The van der Waals surface area contributed by atoms with Gasteiger partial charge in [0.2, 0.25) is 0 Å². The number of nitrogens with zero attached hydrogens (tertiary/aromatic N) is 3. The van der Waals surface area contributed by atoms with Crippen LogP contribution in [0.25, 0.3) is 11.8 Å². The zero-order chi connectivity index (χ0) is 23.0. The first-order valence-electron chi connectivity index (χ1n) is 9.91.